The molecule has 2 heterocycles. The molecule has 1 fully saturated rings. The molecule has 6 nitrogen and oxygen atoms in total. The average molecular weight is 275 g/mol. The second-order valence-corrected chi connectivity index (χ2v) is 5.00. The molecule has 1 aromatic carbocycles. The predicted octanol–water partition coefficient (Wildman–Crippen LogP) is 1.04. The number of rotatable bonds is 2. The van der Waals surface area contributed by atoms with E-state index in [9.17, 15) is 9.59 Å². The third-order valence-corrected chi connectivity index (χ3v) is 3.81. The van der Waals surface area contributed by atoms with Crippen LogP contribution in [0.3, 0.4) is 0 Å². The van der Waals surface area contributed by atoms with Crippen molar-refractivity contribution in [2.45, 2.75) is 18.9 Å². The molecular formula is C14H17N3O3. The zero-order valence-electron chi connectivity index (χ0n) is 11.3. The number of piperidine rings is 1. The van der Waals surface area contributed by atoms with Crippen LogP contribution < -0.4 is 11.0 Å². The Hall–Kier alpha value is -2.08. The maximum atomic E-state index is 12.2. The largest absolute Gasteiger partial charge is 0.465 e. The Morgan fingerprint density at radius 3 is 2.80 bits per heavy atom. The highest BCUT2D eigenvalue weighted by atomic mass is 16.5. The summed E-state index contributed by atoms with van der Waals surface area (Å²) in [6.07, 6.45) is 1.82. The number of hydrogen-bond donors (Lipinski definition) is 2. The normalized spacial score (nSPS) is 16.4. The van der Waals surface area contributed by atoms with Crippen molar-refractivity contribution in [1.82, 2.24) is 14.9 Å². The number of nitrogens with one attached hydrogen (secondary N) is 2. The molecule has 0 aliphatic carbocycles. The molecule has 1 aliphatic rings. The lowest BCUT2D eigenvalue weighted by Gasteiger charge is -2.23. The molecule has 0 amide bonds. The molecule has 6 heteroatoms. The molecular weight excluding hydrogens is 258 g/mol. The van der Waals surface area contributed by atoms with E-state index in [-0.39, 0.29) is 11.7 Å². The van der Waals surface area contributed by atoms with Crippen LogP contribution >= 0.6 is 0 Å². The average Bonchev–Trinajstić information content (AvgIpc) is 2.82. The van der Waals surface area contributed by atoms with Crippen LogP contribution in [0.15, 0.2) is 23.0 Å². The van der Waals surface area contributed by atoms with Gasteiger partial charge in [-0.05, 0) is 44.1 Å². The van der Waals surface area contributed by atoms with Gasteiger partial charge in [0.1, 0.15) is 0 Å². The molecule has 1 aliphatic heterocycles. The zero-order valence-corrected chi connectivity index (χ0v) is 11.3. The van der Waals surface area contributed by atoms with Crippen molar-refractivity contribution in [3.63, 3.8) is 0 Å². The van der Waals surface area contributed by atoms with Crippen LogP contribution in [0, 0.1) is 0 Å². The summed E-state index contributed by atoms with van der Waals surface area (Å²) < 4.78 is 6.50. The van der Waals surface area contributed by atoms with E-state index in [4.69, 9.17) is 4.74 Å². The first-order chi connectivity index (χ1) is 9.70. The van der Waals surface area contributed by atoms with Crippen LogP contribution in [0.5, 0.6) is 0 Å². The smallest absolute Gasteiger partial charge is 0.337 e. The standard InChI is InChI=1S/C14H17N3O3/c1-20-13(18)9-2-3-11-12(8-9)17(14(19)16-11)10-4-6-15-7-5-10/h2-3,8,10,15H,4-7H2,1H3,(H,16,19). The summed E-state index contributed by atoms with van der Waals surface area (Å²) in [7, 11) is 1.35. The number of methoxy groups -OCH3 is 1. The summed E-state index contributed by atoms with van der Waals surface area (Å²) >= 11 is 0. The Morgan fingerprint density at radius 1 is 1.35 bits per heavy atom. The Bertz CT molecular complexity index is 695. The van der Waals surface area contributed by atoms with Crippen LogP contribution in [0.1, 0.15) is 29.2 Å². The van der Waals surface area contributed by atoms with Crippen molar-refractivity contribution in [2.24, 2.45) is 0 Å². The first-order valence-electron chi connectivity index (χ1n) is 6.74. The molecule has 0 saturated carbocycles. The fourth-order valence-corrected chi connectivity index (χ4v) is 2.79. The Morgan fingerprint density at radius 2 is 2.10 bits per heavy atom. The van der Waals surface area contributed by atoms with E-state index in [1.54, 1.807) is 22.8 Å². The monoisotopic (exact) mass is 275 g/mol. The van der Waals surface area contributed by atoms with Crippen LogP contribution in [0.2, 0.25) is 0 Å². The number of imidazole rings is 1. The predicted molar refractivity (Wildman–Crippen MR) is 75.0 cm³/mol. The van der Waals surface area contributed by atoms with Crippen molar-refractivity contribution in [1.29, 1.82) is 0 Å². The van der Waals surface area contributed by atoms with Gasteiger partial charge in [-0.2, -0.15) is 0 Å². The van der Waals surface area contributed by atoms with Crippen LogP contribution in [0.4, 0.5) is 0 Å². The van der Waals surface area contributed by atoms with E-state index in [1.165, 1.54) is 7.11 Å². The van der Waals surface area contributed by atoms with E-state index in [1.807, 2.05) is 0 Å². The summed E-state index contributed by atoms with van der Waals surface area (Å²) in [5, 5.41) is 3.28. The summed E-state index contributed by atoms with van der Waals surface area (Å²) in [6, 6.07) is 5.31. The fourth-order valence-electron chi connectivity index (χ4n) is 2.79. The number of carbonyl (C=O) groups is 1. The number of hydrogen-bond acceptors (Lipinski definition) is 4. The third kappa shape index (κ3) is 2.12. The van der Waals surface area contributed by atoms with Crippen molar-refractivity contribution in [3.8, 4) is 0 Å². The highest BCUT2D eigenvalue weighted by molar-refractivity contribution is 5.93. The van der Waals surface area contributed by atoms with Gasteiger partial charge in [0.25, 0.3) is 0 Å². The van der Waals surface area contributed by atoms with Crippen molar-refractivity contribution in [3.05, 3.63) is 34.2 Å². The summed E-state index contributed by atoms with van der Waals surface area (Å²) in [4.78, 5) is 26.6. The molecule has 0 radical (unpaired) electrons. The molecule has 106 valence electrons. The SMILES string of the molecule is COC(=O)c1ccc2[nH]c(=O)n(C3CCNCC3)c2c1. The van der Waals surface area contributed by atoms with Gasteiger partial charge in [-0.25, -0.2) is 9.59 Å². The molecule has 2 N–H and O–H groups in total. The van der Waals surface area contributed by atoms with E-state index >= 15 is 0 Å². The molecule has 0 atom stereocenters. The zero-order chi connectivity index (χ0) is 14.1. The number of nitrogens with zero attached hydrogens (tertiary/aromatic N) is 1. The second-order valence-electron chi connectivity index (χ2n) is 5.00. The van der Waals surface area contributed by atoms with E-state index in [0.717, 1.165) is 37.0 Å². The van der Waals surface area contributed by atoms with Crippen molar-refractivity contribution >= 4 is 17.0 Å². The Kier molecular flexibility index (Phi) is 3.31. The lowest BCUT2D eigenvalue weighted by Crippen LogP contribution is -2.33. The minimum atomic E-state index is -0.391. The number of aromatic amines is 1. The molecule has 0 bridgehead atoms. The molecule has 3 rings (SSSR count). The van der Waals surface area contributed by atoms with E-state index in [0.29, 0.717) is 5.56 Å². The maximum Gasteiger partial charge on any atom is 0.337 e. The van der Waals surface area contributed by atoms with Gasteiger partial charge in [0.2, 0.25) is 0 Å². The summed E-state index contributed by atoms with van der Waals surface area (Å²) in [5.41, 5.74) is 1.86. The minimum absolute atomic E-state index is 0.117. The van der Waals surface area contributed by atoms with Crippen molar-refractivity contribution < 1.29 is 9.53 Å². The van der Waals surface area contributed by atoms with Gasteiger partial charge in [0.15, 0.2) is 0 Å². The van der Waals surface area contributed by atoms with Gasteiger partial charge in [-0.15, -0.1) is 0 Å². The topological polar surface area (TPSA) is 76.1 Å². The number of ether oxygens (including phenoxy) is 1. The quantitative estimate of drug-likeness (QED) is 0.803. The number of aromatic nitrogens is 2. The van der Waals surface area contributed by atoms with Gasteiger partial charge in [-0.3, -0.25) is 4.57 Å². The summed E-state index contributed by atoms with van der Waals surface area (Å²) in [5.74, 6) is -0.391. The Balaban J connectivity index is 2.12. The number of fused-ring (bicyclic) bond motifs is 1. The Labute approximate surface area is 115 Å². The van der Waals surface area contributed by atoms with Gasteiger partial charge >= 0.3 is 11.7 Å². The first-order valence-corrected chi connectivity index (χ1v) is 6.74. The van der Waals surface area contributed by atoms with Crippen LogP contribution in [0.25, 0.3) is 11.0 Å². The highest BCUT2D eigenvalue weighted by Gasteiger charge is 2.20. The molecule has 0 unspecified atom stereocenters. The fraction of sp³-hybridized carbons (Fsp3) is 0.429. The highest BCUT2D eigenvalue weighted by Crippen LogP contribution is 2.22. The molecule has 20 heavy (non-hydrogen) atoms. The molecule has 1 aromatic heterocycles. The number of esters is 1. The molecule has 2 aromatic rings. The van der Waals surface area contributed by atoms with Crippen molar-refractivity contribution in [2.75, 3.05) is 20.2 Å². The summed E-state index contributed by atoms with van der Waals surface area (Å²) in [6.45, 7) is 1.81. The second kappa shape index (κ2) is 5.13. The molecule has 1 saturated heterocycles. The van der Waals surface area contributed by atoms with E-state index in [2.05, 4.69) is 10.3 Å². The van der Waals surface area contributed by atoms with Gasteiger partial charge < -0.3 is 15.0 Å². The number of carbonyl (C=O) groups excluding carboxylic acids is 1. The van der Waals surface area contributed by atoms with Gasteiger partial charge in [-0.1, -0.05) is 0 Å². The van der Waals surface area contributed by atoms with Crippen LogP contribution in [-0.2, 0) is 4.74 Å². The first kappa shape index (κ1) is 12.9. The van der Waals surface area contributed by atoms with Crippen LogP contribution in [-0.4, -0.2) is 35.7 Å². The van der Waals surface area contributed by atoms with Gasteiger partial charge in [0, 0.05) is 6.04 Å². The maximum absolute atomic E-state index is 12.2. The number of benzene rings is 1. The third-order valence-electron chi connectivity index (χ3n) is 3.81. The van der Waals surface area contributed by atoms with Gasteiger partial charge in [0.05, 0.1) is 23.7 Å². The lowest BCUT2D eigenvalue weighted by atomic mass is 10.1. The molecule has 0 spiro atoms. The van der Waals surface area contributed by atoms with E-state index < -0.39 is 5.97 Å². The lowest BCUT2D eigenvalue weighted by molar-refractivity contribution is 0.0601. The minimum Gasteiger partial charge on any atom is -0.465 e. The number of H-pyrrole nitrogens is 1.